The molecular weight excluding hydrogens is 298 g/mol. The molecule has 5 heteroatoms. The van der Waals surface area contributed by atoms with E-state index in [1.807, 2.05) is 12.1 Å². The summed E-state index contributed by atoms with van der Waals surface area (Å²) in [7, 11) is 0. The number of nitrogens with zero attached hydrogens (tertiary/aromatic N) is 2. The number of hydrogen-bond acceptors (Lipinski definition) is 3. The number of halogens is 1. The lowest BCUT2D eigenvalue weighted by atomic mass is 10.1. The predicted octanol–water partition coefficient (Wildman–Crippen LogP) is 3.01. The van der Waals surface area contributed by atoms with Gasteiger partial charge in [0.05, 0.1) is 11.8 Å². The number of amidine groups is 1. The van der Waals surface area contributed by atoms with Crippen LogP contribution in [0.25, 0.3) is 0 Å². The van der Waals surface area contributed by atoms with E-state index in [0.29, 0.717) is 6.04 Å². The molecule has 0 amide bonds. The number of thioether (sulfide) groups is 1. The zero-order valence-electron chi connectivity index (χ0n) is 9.19. The van der Waals surface area contributed by atoms with Gasteiger partial charge in [0.2, 0.25) is 0 Å². The first-order chi connectivity index (χ1) is 8.31. The molecule has 17 heavy (non-hydrogen) atoms. The third-order valence-electron chi connectivity index (χ3n) is 2.64. The molecule has 88 valence electrons. The van der Waals surface area contributed by atoms with Crippen LogP contribution in [0.15, 0.2) is 38.8 Å². The van der Waals surface area contributed by atoms with Crippen LogP contribution >= 0.6 is 27.7 Å². The van der Waals surface area contributed by atoms with Gasteiger partial charge >= 0.3 is 0 Å². The Hall–Kier alpha value is -0.810. The van der Waals surface area contributed by atoms with E-state index in [1.54, 1.807) is 11.8 Å². The van der Waals surface area contributed by atoms with E-state index in [-0.39, 0.29) is 0 Å². The maximum absolute atomic E-state index is 4.55. The van der Waals surface area contributed by atoms with E-state index in [0.717, 1.165) is 26.7 Å². The molecular formula is C12H12BrN3S. The minimum Gasteiger partial charge on any atom is -0.258 e. The summed E-state index contributed by atoms with van der Waals surface area (Å²) in [6, 6.07) is 8.76. The van der Waals surface area contributed by atoms with Crippen LogP contribution in [-0.4, -0.2) is 22.7 Å². The van der Waals surface area contributed by atoms with Crippen molar-refractivity contribution in [2.24, 2.45) is 10.1 Å². The third kappa shape index (κ3) is 2.90. The van der Waals surface area contributed by atoms with E-state index in [2.05, 4.69) is 43.6 Å². The summed E-state index contributed by atoms with van der Waals surface area (Å²) in [6.45, 7) is 0. The highest BCUT2D eigenvalue weighted by Gasteiger charge is 2.22. The minimum absolute atomic E-state index is 0.549. The maximum atomic E-state index is 4.55. The van der Waals surface area contributed by atoms with E-state index in [1.165, 1.54) is 12.8 Å². The zero-order chi connectivity index (χ0) is 11.7. The van der Waals surface area contributed by atoms with Crippen LogP contribution in [0.2, 0.25) is 0 Å². The first kappa shape index (κ1) is 11.3. The Morgan fingerprint density at radius 3 is 2.94 bits per heavy atom. The van der Waals surface area contributed by atoms with Gasteiger partial charge in [-0.2, -0.15) is 5.10 Å². The fourth-order valence-electron chi connectivity index (χ4n) is 1.57. The van der Waals surface area contributed by atoms with E-state index in [4.69, 9.17) is 0 Å². The van der Waals surface area contributed by atoms with E-state index in [9.17, 15) is 0 Å². The largest absolute Gasteiger partial charge is 0.258 e. The number of nitrogens with one attached hydrogen (secondary N) is 1. The monoisotopic (exact) mass is 309 g/mol. The molecule has 1 fully saturated rings. The predicted molar refractivity (Wildman–Crippen MR) is 76.7 cm³/mol. The highest BCUT2D eigenvalue weighted by atomic mass is 79.9. The first-order valence-electron chi connectivity index (χ1n) is 5.60. The molecule has 1 aromatic rings. The Morgan fingerprint density at radius 1 is 1.41 bits per heavy atom. The summed E-state index contributed by atoms with van der Waals surface area (Å²) in [5, 5.41) is 5.36. The molecule has 1 aromatic carbocycles. The maximum Gasteiger partial charge on any atom is 0.177 e. The van der Waals surface area contributed by atoms with Crippen molar-refractivity contribution in [3.63, 3.8) is 0 Å². The molecule has 0 radical (unpaired) electrons. The second-order valence-corrected chi connectivity index (χ2v) is 6.01. The summed E-state index contributed by atoms with van der Waals surface area (Å²) in [4.78, 5) is 4.55. The molecule has 0 atom stereocenters. The Labute approximate surface area is 113 Å². The molecule has 3 rings (SSSR count). The molecule has 0 unspecified atom stereocenters. The third-order valence-corrected chi connectivity index (χ3v) is 4.02. The Morgan fingerprint density at radius 2 is 2.29 bits per heavy atom. The van der Waals surface area contributed by atoms with Crippen molar-refractivity contribution in [3.05, 3.63) is 34.3 Å². The van der Waals surface area contributed by atoms with Crippen LogP contribution in [0, 0.1) is 0 Å². The molecule has 1 aliphatic heterocycles. The minimum atomic E-state index is 0.549. The summed E-state index contributed by atoms with van der Waals surface area (Å²) >= 11 is 5.21. The SMILES string of the molecule is Brc1cccc(C2=NNC(=NC3CC3)SC2)c1. The normalized spacial score (nSPS) is 22.2. The van der Waals surface area contributed by atoms with Crippen molar-refractivity contribution < 1.29 is 0 Å². The first-order valence-corrected chi connectivity index (χ1v) is 7.38. The number of benzene rings is 1. The molecule has 1 aliphatic carbocycles. The lowest BCUT2D eigenvalue weighted by molar-refractivity contribution is 0.985. The van der Waals surface area contributed by atoms with Gasteiger partial charge in [-0.15, -0.1) is 0 Å². The average Bonchev–Trinajstić information content (AvgIpc) is 3.14. The van der Waals surface area contributed by atoms with Crippen LogP contribution in [-0.2, 0) is 0 Å². The van der Waals surface area contributed by atoms with E-state index < -0.39 is 0 Å². The average molecular weight is 310 g/mol. The molecule has 2 aliphatic rings. The van der Waals surface area contributed by atoms with Crippen molar-refractivity contribution >= 4 is 38.6 Å². The highest BCUT2D eigenvalue weighted by molar-refractivity contribution is 9.10. The molecule has 1 heterocycles. The van der Waals surface area contributed by atoms with Gasteiger partial charge < -0.3 is 0 Å². The summed E-state index contributed by atoms with van der Waals surface area (Å²) in [5.41, 5.74) is 5.28. The smallest absolute Gasteiger partial charge is 0.177 e. The Bertz CT molecular complexity index is 494. The van der Waals surface area contributed by atoms with Gasteiger partial charge in [0.25, 0.3) is 0 Å². The number of aliphatic imine (C=N–C) groups is 1. The van der Waals surface area contributed by atoms with Gasteiger partial charge in [-0.3, -0.25) is 10.4 Å². The number of rotatable bonds is 2. The highest BCUT2D eigenvalue weighted by Crippen LogP contribution is 2.25. The van der Waals surface area contributed by atoms with Crippen molar-refractivity contribution in [2.45, 2.75) is 18.9 Å². The molecule has 0 bridgehead atoms. The Kier molecular flexibility index (Phi) is 3.20. The topological polar surface area (TPSA) is 36.8 Å². The van der Waals surface area contributed by atoms with Gasteiger partial charge in [-0.1, -0.05) is 39.8 Å². The lowest BCUT2D eigenvalue weighted by Crippen LogP contribution is -2.25. The fraction of sp³-hybridized carbons (Fsp3) is 0.333. The van der Waals surface area contributed by atoms with Crippen molar-refractivity contribution in [3.8, 4) is 0 Å². The second kappa shape index (κ2) is 4.82. The van der Waals surface area contributed by atoms with Crippen molar-refractivity contribution in [1.29, 1.82) is 0 Å². The van der Waals surface area contributed by atoms with E-state index >= 15 is 0 Å². The van der Waals surface area contributed by atoms with Crippen LogP contribution < -0.4 is 5.43 Å². The summed E-state index contributed by atoms with van der Waals surface area (Å²) in [5.74, 6) is 0.884. The molecule has 0 saturated heterocycles. The zero-order valence-corrected chi connectivity index (χ0v) is 11.6. The summed E-state index contributed by atoms with van der Waals surface area (Å²) < 4.78 is 1.08. The lowest BCUT2D eigenvalue weighted by Gasteiger charge is -2.14. The van der Waals surface area contributed by atoms with Crippen LogP contribution in [0.5, 0.6) is 0 Å². The molecule has 3 nitrogen and oxygen atoms in total. The molecule has 0 aromatic heterocycles. The van der Waals surface area contributed by atoms with Crippen LogP contribution in [0.4, 0.5) is 0 Å². The quantitative estimate of drug-likeness (QED) is 0.911. The molecule has 1 N–H and O–H groups in total. The summed E-state index contributed by atoms with van der Waals surface area (Å²) in [6.07, 6.45) is 2.46. The van der Waals surface area contributed by atoms with Gasteiger partial charge in [0.15, 0.2) is 5.17 Å². The molecule has 0 spiro atoms. The second-order valence-electron chi connectivity index (χ2n) is 4.13. The van der Waals surface area contributed by atoms with Gasteiger partial charge in [-0.05, 0) is 30.5 Å². The fourth-order valence-corrected chi connectivity index (χ4v) is 2.81. The molecule has 1 saturated carbocycles. The van der Waals surface area contributed by atoms with Gasteiger partial charge in [-0.25, -0.2) is 0 Å². The number of hydrazone groups is 1. The standard InChI is InChI=1S/C12H12BrN3S/c13-9-3-1-2-8(6-9)11-7-17-12(16-15-11)14-10-4-5-10/h1-3,6,10H,4-5,7H2,(H,14,16). The van der Waals surface area contributed by atoms with Crippen molar-refractivity contribution in [2.75, 3.05) is 5.75 Å². The van der Waals surface area contributed by atoms with Crippen LogP contribution in [0.1, 0.15) is 18.4 Å². The van der Waals surface area contributed by atoms with Crippen LogP contribution in [0.3, 0.4) is 0 Å². The van der Waals surface area contributed by atoms with Gasteiger partial charge in [0.1, 0.15) is 0 Å². The van der Waals surface area contributed by atoms with Gasteiger partial charge in [0, 0.05) is 10.2 Å². The Balaban J connectivity index is 1.75. The van der Waals surface area contributed by atoms with Crippen molar-refractivity contribution in [1.82, 2.24) is 5.43 Å². The number of hydrogen-bond donors (Lipinski definition) is 1.